The summed E-state index contributed by atoms with van der Waals surface area (Å²) in [6, 6.07) is 1.08. The van der Waals surface area contributed by atoms with E-state index in [-0.39, 0.29) is 15.7 Å². The molecule has 0 aliphatic rings. The minimum absolute atomic E-state index is 0.0660. The number of carbonyl (C=O) groups is 1. The molecule has 1 amide bonds. The van der Waals surface area contributed by atoms with Crippen LogP contribution in [0.25, 0.3) is 0 Å². The molecule has 0 aliphatic carbocycles. The van der Waals surface area contributed by atoms with Crippen LogP contribution in [0.4, 0.5) is 13.2 Å². The molecule has 0 radical (unpaired) electrons. The molecule has 0 unspecified atom stereocenters. The summed E-state index contributed by atoms with van der Waals surface area (Å²) < 4.78 is 37.0. The first kappa shape index (κ1) is 16.0. The number of rotatable bonds is 4. The van der Waals surface area contributed by atoms with Gasteiger partial charge in [0.05, 0.1) is 17.2 Å². The van der Waals surface area contributed by atoms with Crippen molar-refractivity contribution in [1.82, 2.24) is 9.88 Å². The van der Waals surface area contributed by atoms with Gasteiger partial charge < -0.3 is 10.0 Å². The first-order valence-electron chi connectivity index (χ1n) is 5.02. The summed E-state index contributed by atoms with van der Waals surface area (Å²) in [7, 11) is 0. The van der Waals surface area contributed by atoms with E-state index in [0.29, 0.717) is 4.90 Å². The topological polar surface area (TPSA) is 53.4 Å². The summed E-state index contributed by atoms with van der Waals surface area (Å²) in [6.45, 7) is -2.55. The average Bonchev–Trinajstić information content (AvgIpc) is 2.29. The lowest BCUT2D eigenvalue weighted by molar-refractivity contribution is -0.141. The van der Waals surface area contributed by atoms with Crippen molar-refractivity contribution in [3.63, 3.8) is 0 Å². The van der Waals surface area contributed by atoms with Gasteiger partial charge in [-0.1, -0.05) is 23.2 Å². The van der Waals surface area contributed by atoms with Crippen molar-refractivity contribution in [1.29, 1.82) is 0 Å². The maximum absolute atomic E-state index is 12.3. The van der Waals surface area contributed by atoms with Gasteiger partial charge in [0, 0.05) is 12.7 Å². The predicted octanol–water partition coefficient (Wildman–Crippen LogP) is 2.39. The van der Waals surface area contributed by atoms with Gasteiger partial charge in [-0.05, 0) is 6.07 Å². The highest BCUT2D eigenvalue weighted by atomic mass is 35.5. The van der Waals surface area contributed by atoms with Crippen LogP contribution in [0.2, 0.25) is 10.2 Å². The zero-order valence-corrected chi connectivity index (χ0v) is 10.9. The molecule has 9 heteroatoms. The molecule has 0 aliphatic heterocycles. The fraction of sp³-hybridized carbons (Fsp3) is 0.400. The van der Waals surface area contributed by atoms with Crippen LogP contribution in [0.1, 0.15) is 10.4 Å². The van der Waals surface area contributed by atoms with Gasteiger partial charge in [-0.3, -0.25) is 4.79 Å². The summed E-state index contributed by atoms with van der Waals surface area (Å²) in [5.74, 6) is -0.972. The summed E-state index contributed by atoms with van der Waals surface area (Å²) in [6.07, 6.45) is -3.50. The molecular formula is C10H9Cl2F3N2O2. The molecule has 0 saturated carbocycles. The Morgan fingerprint density at radius 1 is 1.42 bits per heavy atom. The lowest BCUT2D eigenvalue weighted by atomic mass is 10.2. The molecule has 1 aromatic rings. The number of aliphatic hydroxyl groups excluding tert-OH is 1. The molecule has 4 nitrogen and oxygen atoms in total. The number of amides is 1. The molecule has 1 N–H and O–H groups in total. The smallest absolute Gasteiger partial charge is 0.395 e. The standard InChI is InChI=1S/C10H9Cl2F3N2O2/c11-7-4-16-8(12)3-6(7)9(19)17(1-2-18)5-10(13,14)15/h3-4,18H,1-2,5H2. The van der Waals surface area contributed by atoms with E-state index in [1.165, 1.54) is 0 Å². The Morgan fingerprint density at radius 2 is 2.05 bits per heavy atom. The van der Waals surface area contributed by atoms with Crippen molar-refractivity contribution in [3.05, 3.63) is 28.0 Å². The fourth-order valence-electron chi connectivity index (χ4n) is 1.34. The number of hydrogen-bond donors (Lipinski definition) is 1. The Labute approximate surface area is 116 Å². The lowest BCUT2D eigenvalue weighted by Gasteiger charge is -2.23. The van der Waals surface area contributed by atoms with Crippen molar-refractivity contribution in [2.24, 2.45) is 0 Å². The van der Waals surface area contributed by atoms with Gasteiger partial charge in [-0.2, -0.15) is 13.2 Å². The molecule has 0 atom stereocenters. The molecule has 1 heterocycles. The van der Waals surface area contributed by atoms with E-state index in [2.05, 4.69) is 4.98 Å². The van der Waals surface area contributed by atoms with Gasteiger partial charge in [0.1, 0.15) is 11.7 Å². The van der Waals surface area contributed by atoms with Crippen LogP contribution < -0.4 is 0 Å². The Balaban J connectivity index is 3.02. The third-order valence-corrected chi connectivity index (χ3v) is 2.59. The molecule has 0 spiro atoms. The van der Waals surface area contributed by atoms with Gasteiger partial charge in [-0.25, -0.2) is 4.98 Å². The monoisotopic (exact) mass is 316 g/mol. The number of aliphatic hydroxyl groups is 1. The molecule has 0 aromatic carbocycles. The first-order chi connectivity index (χ1) is 8.74. The zero-order chi connectivity index (χ0) is 14.6. The van der Waals surface area contributed by atoms with Gasteiger partial charge in [0.15, 0.2) is 0 Å². The van der Waals surface area contributed by atoms with E-state index in [4.69, 9.17) is 28.3 Å². The second-order valence-electron chi connectivity index (χ2n) is 3.55. The Bertz CT molecular complexity index is 469. The zero-order valence-electron chi connectivity index (χ0n) is 9.42. The van der Waals surface area contributed by atoms with Gasteiger partial charge in [0.2, 0.25) is 0 Å². The number of alkyl halides is 3. The van der Waals surface area contributed by atoms with Crippen molar-refractivity contribution < 1.29 is 23.1 Å². The third kappa shape index (κ3) is 4.85. The minimum atomic E-state index is -4.58. The van der Waals surface area contributed by atoms with E-state index < -0.39 is 31.8 Å². The highest BCUT2D eigenvalue weighted by Gasteiger charge is 2.33. The fourth-order valence-corrected chi connectivity index (χ4v) is 1.68. The molecule has 1 rings (SSSR count). The third-order valence-electron chi connectivity index (χ3n) is 2.08. The maximum Gasteiger partial charge on any atom is 0.406 e. The second-order valence-corrected chi connectivity index (χ2v) is 4.35. The first-order valence-corrected chi connectivity index (χ1v) is 5.78. The highest BCUT2D eigenvalue weighted by Crippen LogP contribution is 2.22. The van der Waals surface area contributed by atoms with Crippen LogP contribution in [0.15, 0.2) is 12.3 Å². The lowest BCUT2D eigenvalue weighted by Crippen LogP contribution is -2.40. The number of pyridine rings is 1. The van der Waals surface area contributed by atoms with Crippen LogP contribution in [-0.2, 0) is 0 Å². The summed E-state index contributed by atoms with van der Waals surface area (Å²) in [5.41, 5.74) is -0.195. The minimum Gasteiger partial charge on any atom is -0.395 e. The van der Waals surface area contributed by atoms with E-state index in [1.54, 1.807) is 0 Å². The number of carbonyl (C=O) groups excluding carboxylic acids is 1. The molecule has 0 fully saturated rings. The van der Waals surface area contributed by atoms with Crippen molar-refractivity contribution in [2.45, 2.75) is 6.18 Å². The number of nitrogens with zero attached hydrogens (tertiary/aromatic N) is 2. The maximum atomic E-state index is 12.3. The molecule has 1 aromatic heterocycles. The normalized spacial score (nSPS) is 11.5. The van der Waals surface area contributed by atoms with Crippen LogP contribution in [0.3, 0.4) is 0 Å². The van der Waals surface area contributed by atoms with Crippen LogP contribution in [0.5, 0.6) is 0 Å². The largest absolute Gasteiger partial charge is 0.406 e. The second kappa shape index (κ2) is 6.40. The molecule has 0 bridgehead atoms. The predicted molar refractivity (Wildman–Crippen MR) is 63.3 cm³/mol. The van der Waals surface area contributed by atoms with Crippen LogP contribution >= 0.6 is 23.2 Å². The number of halogens is 5. The molecule has 0 saturated heterocycles. The molecule has 106 valence electrons. The van der Waals surface area contributed by atoms with Crippen molar-refractivity contribution >= 4 is 29.1 Å². The van der Waals surface area contributed by atoms with E-state index in [9.17, 15) is 18.0 Å². The summed E-state index contributed by atoms with van der Waals surface area (Å²) in [5, 5.41) is 8.54. The SMILES string of the molecule is O=C(c1cc(Cl)ncc1Cl)N(CCO)CC(F)(F)F. The Kier molecular flexibility index (Phi) is 5.39. The van der Waals surface area contributed by atoms with Gasteiger partial charge in [0.25, 0.3) is 5.91 Å². The summed E-state index contributed by atoms with van der Waals surface area (Å²) in [4.78, 5) is 16.0. The highest BCUT2D eigenvalue weighted by molar-refractivity contribution is 6.35. The average molecular weight is 317 g/mol. The number of aromatic nitrogens is 1. The van der Waals surface area contributed by atoms with Crippen molar-refractivity contribution in [2.75, 3.05) is 19.7 Å². The Morgan fingerprint density at radius 3 is 2.58 bits per heavy atom. The Hall–Kier alpha value is -1.05. The molecule has 19 heavy (non-hydrogen) atoms. The van der Waals surface area contributed by atoms with Crippen LogP contribution in [-0.4, -0.2) is 46.8 Å². The number of hydrogen-bond acceptors (Lipinski definition) is 3. The summed E-state index contributed by atoms with van der Waals surface area (Å²) >= 11 is 11.3. The quantitative estimate of drug-likeness (QED) is 0.868. The van der Waals surface area contributed by atoms with Gasteiger partial charge in [-0.15, -0.1) is 0 Å². The van der Waals surface area contributed by atoms with Gasteiger partial charge >= 0.3 is 6.18 Å². The van der Waals surface area contributed by atoms with Crippen LogP contribution in [0, 0.1) is 0 Å². The van der Waals surface area contributed by atoms with E-state index in [1.807, 2.05) is 0 Å². The van der Waals surface area contributed by atoms with Crippen molar-refractivity contribution in [3.8, 4) is 0 Å². The van der Waals surface area contributed by atoms with E-state index >= 15 is 0 Å². The molecular weight excluding hydrogens is 308 g/mol. The van der Waals surface area contributed by atoms with E-state index in [0.717, 1.165) is 12.3 Å².